The van der Waals surface area contributed by atoms with Gasteiger partial charge in [-0.15, -0.1) is 11.3 Å². The maximum atomic E-state index is 11.9. The van der Waals surface area contributed by atoms with Gasteiger partial charge in [0.15, 0.2) is 0 Å². The number of hydrogen-bond acceptors (Lipinski definition) is 4. The van der Waals surface area contributed by atoms with E-state index in [1.807, 2.05) is 4.90 Å². The van der Waals surface area contributed by atoms with Crippen molar-refractivity contribution in [2.75, 3.05) is 6.54 Å². The summed E-state index contributed by atoms with van der Waals surface area (Å²) in [4.78, 5) is 26.3. The summed E-state index contributed by atoms with van der Waals surface area (Å²) in [6.45, 7) is 1.45. The third-order valence-electron chi connectivity index (χ3n) is 3.95. The van der Waals surface area contributed by atoms with Crippen LogP contribution in [0.5, 0.6) is 0 Å². The van der Waals surface area contributed by atoms with E-state index in [9.17, 15) is 9.59 Å². The Morgan fingerprint density at radius 3 is 2.59 bits per heavy atom. The molecule has 1 aromatic heterocycles. The fourth-order valence-electron chi connectivity index (χ4n) is 2.85. The average Bonchev–Trinajstić information content (AvgIpc) is 2.95. The Bertz CT molecular complexity index is 708. The Morgan fingerprint density at radius 1 is 1.23 bits per heavy atom. The molecule has 0 bridgehead atoms. The normalized spacial score (nSPS) is 16.0. The highest BCUT2D eigenvalue weighted by molar-refractivity contribution is 7.10. The quantitative estimate of drug-likeness (QED) is 0.904. The third kappa shape index (κ3) is 2.75. The molecule has 3 rings (SSSR count). The summed E-state index contributed by atoms with van der Waals surface area (Å²) in [6.07, 6.45) is 0.907. The number of primary amides is 1. The van der Waals surface area contributed by atoms with Gasteiger partial charge < -0.3 is 10.8 Å². The number of carboxylic acids is 1. The third-order valence-corrected chi connectivity index (χ3v) is 4.97. The molecule has 0 aliphatic carbocycles. The van der Waals surface area contributed by atoms with Crippen molar-refractivity contribution in [2.24, 2.45) is 5.73 Å². The molecule has 0 saturated heterocycles. The van der Waals surface area contributed by atoms with Gasteiger partial charge in [-0.3, -0.25) is 9.69 Å². The van der Waals surface area contributed by atoms with Crippen LogP contribution < -0.4 is 5.73 Å². The van der Waals surface area contributed by atoms with Gasteiger partial charge in [-0.25, -0.2) is 4.79 Å². The fourth-order valence-corrected chi connectivity index (χ4v) is 3.74. The first kappa shape index (κ1) is 14.7. The van der Waals surface area contributed by atoms with Crippen molar-refractivity contribution in [1.82, 2.24) is 4.90 Å². The Morgan fingerprint density at radius 2 is 1.95 bits per heavy atom. The highest BCUT2D eigenvalue weighted by Crippen LogP contribution is 2.30. The minimum absolute atomic E-state index is 0.200. The van der Waals surface area contributed by atoms with Crippen LogP contribution in [0, 0.1) is 0 Å². The second-order valence-electron chi connectivity index (χ2n) is 5.32. The highest BCUT2D eigenvalue weighted by Gasteiger charge is 2.29. The molecule has 1 unspecified atom stereocenters. The van der Waals surface area contributed by atoms with Gasteiger partial charge in [-0.1, -0.05) is 12.1 Å². The molecule has 1 atom stereocenters. The number of rotatable bonds is 4. The maximum Gasteiger partial charge on any atom is 0.335 e. The molecule has 5 nitrogen and oxygen atoms in total. The molecular formula is C16H16N2O3S. The minimum atomic E-state index is -0.983. The van der Waals surface area contributed by atoms with Crippen LogP contribution in [0.2, 0.25) is 0 Å². The smallest absolute Gasteiger partial charge is 0.335 e. The largest absolute Gasteiger partial charge is 0.478 e. The van der Waals surface area contributed by atoms with Crippen molar-refractivity contribution in [2.45, 2.75) is 19.0 Å². The summed E-state index contributed by atoms with van der Waals surface area (Å²) in [7, 11) is 0. The Hall–Kier alpha value is -2.18. The molecule has 1 aromatic carbocycles. The summed E-state index contributed by atoms with van der Waals surface area (Å²) in [5.74, 6) is -1.40. The monoisotopic (exact) mass is 316 g/mol. The van der Waals surface area contributed by atoms with Gasteiger partial charge in [0.1, 0.15) is 6.04 Å². The molecule has 0 fully saturated rings. The molecule has 114 valence electrons. The molecule has 22 heavy (non-hydrogen) atoms. The van der Waals surface area contributed by atoms with Crippen molar-refractivity contribution in [3.05, 3.63) is 57.3 Å². The molecule has 0 radical (unpaired) electrons. The first-order chi connectivity index (χ1) is 10.6. The summed E-state index contributed by atoms with van der Waals surface area (Å²) >= 11 is 1.74. The molecule has 0 saturated carbocycles. The van der Waals surface area contributed by atoms with E-state index in [1.54, 1.807) is 23.5 Å². The number of nitrogens with two attached hydrogens (primary N) is 1. The predicted octanol–water partition coefficient (Wildman–Crippen LogP) is 2.03. The number of benzene rings is 1. The van der Waals surface area contributed by atoms with Crippen LogP contribution >= 0.6 is 11.3 Å². The van der Waals surface area contributed by atoms with E-state index < -0.39 is 17.9 Å². The summed E-state index contributed by atoms with van der Waals surface area (Å²) in [5.41, 5.74) is 7.77. The molecule has 2 aromatic rings. The fraction of sp³-hybridized carbons (Fsp3) is 0.250. The van der Waals surface area contributed by atoms with E-state index >= 15 is 0 Å². The minimum Gasteiger partial charge on any atom is -0.478 e. The zero-order valence-corrected chi connectivity index (χ0v) is 12.7. The second-order valence-corrected chi connectivity index (χ2v) is 6.32. The lowest BCUT2D eigenvalue weighted by molar-refractivity contribution is -0.123. The number of thiophene rings is 1. The molecular weight excluding hydrogens is 300 g/mol. The number of nitrogens with zero attached hydrogens (tertiary/aromatic N) is 1. The van der Waals surface area contributed by atoms with Crippen molar-refractivity contribution in [3.63, 3.8) is 0 Å². The number of carbonyl (C=O) groups excluding carboxylic acids is 1. The van der Waals surface area contributed by atoms with Crippen LogP contribution in [0.3, 0.4) is 0 Å². The number of hydrogen-bond donors (Lipinski definition) is 2. The van der Waals surface area contributed by atoms with Gasteiger partial charge in [0, 0.05) is 18.0 Å². The van der Waals surface area contributed by atoms with Crippen LogP contribution in [0.1, 0.15) is 32.4 Å². The molecule has 1 aliphatic rings. The lowest BCUT2D eigenvalue weighted by Crippen LogP contribution is -2.40. The molecule has 1 amide bonds. The van der Waals surface area contributed by atoms with Crippen LogP contribution in [0.25, 0.3) is 0 Å². The van der Waals surface area contributed by atoms with Gasteiger partial charge >= 0.3 is 5.97 Å². The summed E-state index contributed by atoms with van der Waals surface area (Å²) < 4.78 is 0. The predicted molar refractivity (Wildman–Crippen MR) is 83.8 cm³/mol. The van der Waals surface area contributed by atoms with E-state index in [2.05, 4.69) is 11.4 Å². The summed E-state index contributed by atoms with van der Waals surface area (Å²) in [5, 5.41) is 11.0. The van der Waals surface area contributed by atoms with Crippen molar-refractivity contribution in [1.29, 1.82) is 0 Å². The van der Waals surface area contributed by atoms with E-state index in [-0.39, 0.29) is 5.56 Å². The van der Waals surface area contributed by atoms with Crippen LogP contribution in [-0.4, -0.2) is 28.4 Å². The lowest BCUT2D eigenvalue weighted by atomic mass is 9.99. The zero-order valence-electron chi connectivity index (χ0n) is 11.9. The van der Waals surface area contributed by atoms with E-state index in [1.165, 1.54) is 22.6 Å². The highest BCUT2D eigenvalue weighted by atomic mass is 32.1. The van der Waals surface area contributed by atoms with E-state index in [0.717, 1.165) is 18.5 Å². The maximum absolute atomic E-state index is 11.9. The van der Waals surface area contributed by atoms with Crippen molar-refractivity contribution >= 4 is 23.2 Å². The Kier molecular flexibility index (Phi) is 3.96. The standard InChI is InChI=1S/C16H16N2O3S/c17-15(19)14(10-1-3-11(4-2-10)16(20)21)18-7-5-13-12(9-18)6-8-22-13/h1-4,6,8,14H,5,7,9H2,(H2,17,19)(H,20,21). The molecule has 3 N–H and O–H groups in total. The second kappa shape index (κ2) is 5.90. The van der Waals surface area contributed by atoms with E-state index in [4.69, 9.17) is 10.8 Å². The first-order valence-corrected chi connectivity index (χ1v) is 7.86. The number of carboxylic acid groups (broad SMARTS) is 1. The van der Waals surface area contributed by atoms with Gasteiger partial charge in [-0.2, -0.15) is 0 Å². The first-order valence-electron chi connectivity index (χ1n) is 6.98. The van der Waals surface area contributed by atoms with Crippen molar-refractivity contribution in [3.8, 4) is 0 Å². The van der Waals surface area contributed by atoms with Crippen molar-refractivity contribution < 1.29 is 14.7 Å². The molecule has 2 heterocycles. The van der Waals surface area contributed by atoms with E-state index in [0.29, 0.717) is 6.54 Å². The molecule has 0 spiro atoms. The van der Waals surface area contributed by atoms with Gasteiger partial charge in [0.05, 0.1) is 5.56 Å². The van der Waals surface area contributed by atoms with Gasteiger partial charge in [-0.05, 0) is 41.1 Å². The zero-order chi connectivity index (χ0) is 15.7. The number of fused-ring (bicyclic) bond motifs is 1. The Balaban J connectivity index is 1.87. The topological polar surface area (TPSA) is 83.6 Å². The number of aromatic carboxylic acids is 1. The van der Waals surface area contributed by atoms with Gasteiger partial charge in [0.25, 0.3) is 0 Å². The average molecular weight is 316 g/mol. The lowest BCUT2D eigenvalue weighted by Gasteiger charge is -2.33. The number of amides is 1. The molecule has 1 aliphatic heterocycles. The van der Waals surface area contributed by atoms with Crippen LogP contribution in [0.15, 0.2) is 35.7 Å². The van der Waals surface area contributed by atoms with Gasteiger partial charge in [0.2, 0.25) is 5.91 Å². The summed E-state index contributed by atoms with van der Waals surface area (Å²) in [6, 6.07) is 7.90. The van der Waals surface area contributed by atoms with Crippen LogP contribution in [0.4, 0.5) is 0 Å². The van der Waals surface area contributed by atoms with Crippen LogP contribution in [-0.2, 0) is 17.8 Å². The molecule has 6 heteroatoms. The number of carbonyl (C=O) groups is 2. The SMILES string of the molecule is NC(=O)C(c1ccc(C(=O)O)cc1)N1CCc2sccc2C1. The Labute approximate surface area is 132 Å².